The fraction of sp³-hybridized carbons (Fsp3) is 0.952. The van der Waals surface area contributed by atoms with Crippen LogP contribution in [0, 0.1) is 34.5 Å². The first-order valence-electron chi connectivity index (χ1n) is 10.1. The number of fused-ring (bicyclic) bond motifs is 5. The third kappa shape index (κ3) is 2.46. The van der Waals surface area contributed by atoms with E-state index in [1.54, 1.807) is 6.92 Å². The van der Waals surface area contributed by atoms with Gasteiger partial charge in [0.2, 0.25) is 0 Å². The molecule has 0 aromatic heterocycles. The van der Waals surface area contributed by atoms with Crippen LogP contribution < -0.4 is 0 Å². The van der Waals surface area contributed by atoms with E-state index in [0.29, 0.717) is 10.8 Å². The first-order valence-corrected chi connectivity index (χ1v) is 10.1. The van der Waals surface area contributed by atoms with Crippen LogP contribution in [0.15, 0.2) is 0 Å². The van der Waals surface area contributed by atoms with Gasteiger partial charge in [-0.3, -0.25) is 4.79 Å². The van der Waals surface area contributed by atoms with Crippen LogP contribution in [-0.4, -0.2) is 12.1 Å². The fourth-order valence-electron chi connectivity index (χ4n) is 7.55. The summed E-state index contributed by atoms with van der Waals surface area (Å²) in [6.07, 6.45) is 13.9. The molecule has 130 valence electrons. The summed E-state index contributed by atoms with van der Waals surface area (Å²) < 4.78 is 5.57. The van der Waals surface area contributed by atoms with E-state index in [1.165, 1.54) is 51.4 Å². The van der Waals surface area contributed by atoms with Gasteiger partial charge in [0.1, 0.15) is 6.10 Å². The van der Waals surface area contributed by atoms with E-state index in [1.807, 2.05) is 0 Å². The van der Waals surface area contributed by atoms with Crippen molar-refractivity contribution in [3.8, 4) is 0 Å². The lowest BCUT2D eigenvalue weighted by molar-refractivity contribution is -0.159. The van der Waals surface area contributed by atoms with Gasteiger partial charge in [-0.15, -0.1) is 0 Å². The molecule has 0 unspecified atom stereocenters. The summed E-state index contributed by atoms with van der Waals surface area (Å²) in [6, 6.07) is 0. The van der Waals surface area contributed by atoms with Crippen LogP contribution in [0.25, 0.3) is 0 Å². The molecule has 0 amide bonds. The van der Waals surface area contributed by atoms with Crippen molar-refractivity contribution in [2.75, 3.05) is 0 Å². The Morgan fingerprint density at radius 2 is 1.78 bits per heavy atom. The van der Waals surface area contributed by atoms with Crippen molar-refractivity contribution >= 4 is 5.97 Å². The van der Waals surface area contributed by atoms with E-state index in [2.05, 4.69) is 13.8 Å². The van der Waals surface area contributed by atoms with E-state index in [0.717, 1.165) is 36.5 Å². The van der Waals surface area contributed by atoms with Crippen LogP contribution in [0.4, 0.5) is 0 Å². The molecule has 4 fully saturated rings. The lowest BCUT2D eigenvalue weighted by Gasteiger charge is -2.60. The van der Waals surface area contributed by atoms with Gasteiger partial charge < -0.3 is 4.74 Å². The lowest BCUT2D eigenvalue weighted by atomic mass is 9.45. The zero-order chi connectivity index (χ0) is 16.2. The molecule has 2 heteroatoms. The van der Waals surface area contributed by atoms with Crippen molar-refractivity contribution in [2.24, 2.45) is 34.5 Å². The van der Waals surface area contributed by atoms with Crippen molar-refractivity contribution in [3.05, 3.63) is 0 Å². The SMILES string of the molecule is CC(=O)O[C@@H]1CC[C@@]2(C)[C@@H](CC[C@H]3[C@H]2CC[C@]2(C)CCC[C@@H]32)C1. The van der Waals surface area contributed by atoms with Gasteiger partial charge in [-0.2, -0.15) is 0 Å². The summed E-state index contributed by atoms with van der Waals surface area (Å²) in [5.41, 5.74) is 1.18. The quantitative estimate of drug-likeness (QED) is 0.609. The van der Waals surface area contributed by atoms with Crippen LogP contribution in [0.3, 0.4) is 0 Å². The predicted octanol–water partition coefficient (Wildman–Crippen LogP) is 5.35. The summed E-state index contributed by atoms with van der Waals surface area (Å²) in [5.74, 6) is 3.63. The minimum Gasteiger partial charge on any atom is -0.463 e. The molecule has 0 bridgehead atoms. The Balaban J connectivity index is 1.53. The molecule has 4 aliphatic rings. The van der Waals surface area contributed by atoms with Gasteiger partial charge in [0.05, 0.1) is 0 Å². The Kier molecular flexibility index (Phi) is 3.81. The van der Waals surface area contributed by atoms with Gasteiger partial charge in [-0.05, 0) is 92.3 Å². The minimum atomic E-state index is -0.0910. The number of carbonyl (C=O) groups excluding carboxylic acids is 1. The number of rotatable bonds is 1. The molecule has 4 aliphatic carbocycles. The van der Waals surface area contributed by atoms with E-state index in [9.17, 15) is 4.79 Å². The second-order valence-corrected chi connectivity index (χ2v) is 9.75. The molecule has 0 aromatic rings. The first-order chi connectivity index (χ1) is 10.9. The Morgan fingerprint density at radius 1 is 0.957 bits per heavy atom. The maximum atomic E-state index is 11.3. The van der Waals surface area contributed by atoms with Crippen LogP contribution in [0.2, 0.25) is 0 Å². The Labute approximate surface area is 141 Å². The molecule has 4 saturated carbocycles. The molecule has 0 N–H and O–H groups in total. The molecule has 23 heavy (non-hydrogen) atoms. The van der Waals surface area contributed by atoms with Crippen LogP contribution in [0.1, 0.15) is 85.0 Å². The number of hydrogen-bond acceptors (Lipinski definition) is 2. The van der Waals surface area contributed by atoms with Crippen molar-refractivity contribution < 1.29 is 9.53 Å². The number of hydrogen-bond donors (Lipinski definition) is 0. The van der Waals surface area contributed by atoms with Crippen LogP contribution in [-0.2, 0) is 9.53 Å². The van der Waals surface area contributed by atoms with Gasteiger partial charge >= 0.3 is 5.97 Å². The average molecular weight is 319 g/mol. The van der Waals surface area contributed by atoms with Crippen molar-refractivity contribution in [1.29, 1.82) is 0 Å². The second-order valence-electron chi connectivity index (χ2n) is 9.75. The van der Waals surface area contributed by atoms with Crippen molar-refractivity contribution in [3.63, 3.8) is 0 Å². The highest BCUT2D eigenvalue weighted by molar-refractivity contribution is 5.66. The van der Waals surface area contributed by atoms with Crippen molar-refractivity contribution in [2.45, 2.75) is 91.1 Å². The minimum absolute atomic E-state index is 0.0910. The molecule has 0 saturated heterocycles. The molecule has 4 rings (SSSR count). The third-order valence-electron chi connectivity index (χ3n) is 8.73. The van der Waals surface area contributed by atoms with E-state index in [4.69, 9.17) is 4.74 Å². The molecular weight excluding hydrogens is 284 g/mol. The monoisotopic (exact) mass is 318 g/mol. The summed E-state index contributed by atoms with van der Waals surface area (Å²) in [6.45, 7) is 6.75. The van der Waals surface area contributed by atoms with Gasteiger partial charge in [-0.25, -0.2) is 0 Å². The summed E-state index contributed by atoms with van der Waals surface area (Å²) >= 11 is 0. The molecule has 0 aliphatic heterocycles. The number of ether oxygens (including phenoxy) is 1. The molecule has 2 nitrogen and oxygen atoms in total. The van der Waals surface area contributed by atoms with Crippen molar-refractivity contribution in [1.82, 2.24) is 0 Å². The largest absolute Gasteiger partial charge is 0.463 e. The predicted molar refractivity (Wildman–Crippen MR) is 91.9 cm³/mol. The molecule has 0 heterocycles. The highest BCUT2D eigenvalue weighted by atomic mass is 16.5. The van der Waals surface area contributed by atoms with Gasteiger partial charge in [0, 0.05) is 6.92 Å². The maximum absolute atomic E-state index is 11.3. The zero-order valence-corrected chi connectivity index (χ0v) is 15.3. The summed E-state index contributed by atoms with van der Waals surface area (Å²) in [5, 5.41) is 0. The molecule has 0 aromatic carbocycles. The van der Waals surface area contributed by atoms with E-state index in [-0.39, 0.29) is 12.1 Å². The fourth-order valence-corrected chi connectivity index (χ4v) is 7.55. The number of carbonyl (C=O) groups is 1. The Bertz CT molecular complexity index is 486. The highest BCUT2D eigenvalue weighted by Gasteiger charge is 2.57. The summed E-state index contributed by atoms with van der Waals surface area (Å²) in [7, 11) is 0. The average Bonchev–Trinajstić information content (AvgIpc) is 2.89. The highest BCUT2D eigenvalue weighted by Crippen LogP contribution is 2.66. The van der Waals surface area contributed by atoms with Crippen LogP contribution >= 0.6 is 0 Å². The van der Waals surface area contributed by atoms with Crippen LogP contribution in [0.5, 0.6) is 0 Å². The standard InChI is InChI=1S/C21H34O2/c1-14(22)23-16-8-12-21(3)15(13-16)6-7-17-18-5-4-10-20(18,2)11-9-19(17)21/h15-19H,4-13H2,1-3H3/t15-,16+,17+,18-,19+,20-,21-/m0/s1. The van der Waals surface area contributed by atoms with Gasteiger partial charge in [0.25, 0.3) is 0 Å². The summed E-state index contributed by atoms with van der Waals surface area (Å²) in [4.78, 5) is 11.3. The second kappa shape index (κ2) is 5.49. The lowest BCUT2D eigenvalue weighted by Crippen LogP contribution is -2.53. The smallest absolute Gasteiger partial charge is 0.302 e. The van der Waals surface area contributed by atoms with E-state index >= 15 is 0 Å². The Hall–Kier alpha value is -0.530. The number of esters is 1. The normalized spacial score (nSPS) is 52.2. The topological polar surface area (TPSA) is 26.3 Å². The Morgan fingerprint density at radius 3 is 2.57 bits per heavy atom. The molecular formula is C21H34O2. The first kappa shape index (κ1) is 16.0. The van der Waals surface area contributed by atoms with Gasteiger partial charge in [0.15, 0.2) is 0 Å². The van der Waals surface area contributed by atoms with E-state index < -0.39 is 0 Å². The molecule has 7 atom stereocenters. The maximum Gasteiger partial charge on any atom is 0.302 e. The molecule has 0 radical (unpaired) electrons. The zero-order valence-electron chi connectivity index (χ0n) is 15.3. The third-order valence-corrected chi connectivity index (χ3v) is 8.73. The van der Waals surface area contributed by atoms with Gasteiger partial charge in [-0.1, -0.05) is 20.3 Å². The molecule has 0 spiro atoms.